The van der Waals surface area contributed by atoms with Crippen molar-refractivity contribution in [1.29, 1.82) is 0 Å². The molecule has 0 aliphatic rings. The highest BCUT2D eigenvalue weighted by Gasteiger charge is 2.15. The Balaban J connectivity index is 3.12. The van der Waals surface area contributed by atoms with Crippen LogP contribution in [-0.4, -0.2) is 5.78 Å². The van der Waals surface area contributed by atoms with E-state index in [1.165, 1.54) is 6.92 Å². The van der Waals surface area contributed by atoms with Crippen molar-refractivity contribution in [2.45, 2.75) is 13.0 Å². The van der Waals surface area contributed by atoms with Gasteiger partial charge in [0, 0.05) is 5.56 Å². The molecule has 2 nitrogen and oxygen atoms in total. The molecular formula is C9H9F2NO. The number of hydrogen-bond donors (Lipinski definition) is 1. The minimum absolute atomic E-state index is 0.104. The number of nitrogens with two attached hydrogens (primary N) is 1. The number of carbonyl (C=O) groups excluding carboxylic acids is 1. The Kier molecular flexibility index (Phi) is 2.72. The summed E-state index contributed by atoms with van der Waals surface area (Å²) >= 11 is 0. The van der Waals surface area contributed by atoms with Gasteiger partial charge in [-0.2, -0.15) is 0 Å². The summed E-state index contributed by atoms with van der Waals surface area (Å²) in [6.45, 7) is 1.23. The van der Waals surface area contributed by atoms with Gasteiger partial charge in [0.2, 0.25) is 0 Å². The number of halogens is 2. The molecule has 1 rings (SSSR count). The van der Waals surface area contributed by atoms with Gasteiger partial charge < -0.3 is 5.73 Å². The third-order valence-electron chi connectivity index (χ3n) is 1.73. The molecule has 0 aliphatic heterocycles. The van der Waals surface area contributed by atoms with Crippen molar-refractivity contribution in [1.82, 2.24) is 0 Å². The number of Topliss-reactive ketones (excluding diaryl/α,β-unsaturated/α-hetero) is 1. The van der Waals surface area contributed by atoms with Gasteiger partial charge in [-0.3, -0.25) is 4.79 Å². The Morgan fingerprint density at radius 3 is 2.62 bits per heavy atom. The molecule has 0 saturated carbocycles. The van der Waals surface area contributed by atoms with Crippen LogP contribution in [0.4, 0.5) is 8.78 Å². The second-order valence-corrected chi connectivity index (χ2v) is 2.75. The molecule has 0 saturated heterocycles. The van der Waals surface area contributed by atoms with E-state index in [0.29, 0.717) is 0 Å². The van der Waals surface area contributed by atoms with Gasteiger partial charge in [-0.15, -0.1) is 0 Å². The van der Waals surface area contributed by atoms with Gasteiger partial charge in [-0.25, -0.2) is 8.78 Å². The lowest BCUT2D eigenvalue weighted by Gasteiger charge is -2.08. The van der Waals surface area contributed by atoms with Crippen molar-refractivity contribution in [3.8, 4) is 0 Å². The Morgan fingerprint density at radius 2 is 2.08 bits per heavy atom. The molecule has 4 heteroatoms. The van der Waals surface area contributed by atoms with Gasteiger partial charge in [0.1, 0.15) is 11.6 Å². The molecule has 0 spiro atoms. The average molecular weight is 185 g/mol. The topological polar surface area (TPSA) is 43.1 Å². The van der Waals surface area contributed by atoms with E-state index < -0.39 is 23.5 Å². The summed E-state index contributed by atoms with van der Waals surface area (Å²) in [5.41, 5.74) is 5.25. The van der Waals surface area contributed by atoms with Gasteiger partial charge in [0.05, 0.1) is 6.04 Å². The molecule has 2 N–H and O–H groups in total. The van der Waals surface area contributed by atoms with Crippen LogP contribution in [0.1, 0.15) is 18.5 Å². The zero-order valence-corrected chi connectivity index (χ0v) is 7.05. The molecule has 13 heavy (non-hydrogen) atoms. The summed E-state index contributed by atoms with van der Waals surface area (Å²) in [6, 6.07) is 1.77. The first-order chi connectivity index (χ1) is 6.02. The monoisotopic (exact) mass is 185 g/mol. The lowest BCUT2D eigenvalue weighted by molar-refractivity contribution is -0.118. The minimum atomic E-state index is -1.09. The van der Waals surface area contributed by atoms with Crippen LogP contribution in [0.2, 0.25) is 0 Å². The van der Waals surface area contributed by atoms with Crippen LogP contribution >= 0.6 is 0 Å². The van der Waals surface area contributed by atoms with Crippen LogP contribution in [0.5, 0.6) is 0 Å². The first-order valence-corrected chi connectivity index (χ1v) is 3.73. The van der Waals surface area contributed by atoms with E-state index in [1.807, 2.05) is 0 Å². The zero-order valence-electron chi connectivity index (χ0n) is 7.05. The maximum Gasteiger partial charge on any atom is 0.151 e. The van der Waals surface area contributed by atoms with E-state index in [4.69, 9.17) is 5.73 Å². The van der Waals surface area contributed by atoms with Crippen molar-refractivity contribution in [3.05, 3.63) is 35.4 Å². The quantitative estimate of drug-likeness (QED) is 0.759. The van der Waals surface area contributed by atoms with E-state index in [9.17, 15) is 13.6 Å². The maximum absolute atomic E-state index is 13.0. The van der Waals surface area contributed by atoms with Crippen LogP contribution in [0, 0.1) is 11.6 Å². The third-order valence-corrected chi connectivity index (χ3v) is 1.73. The van der Waals surface area contributed by atoms with E-state index in [2.05, 4.69) is 0 Å². The van der Waals surface area contributed by atoms with Crippen molar-refractivity contribution in [3.63, 3.8) is 0 Å². The SMILES string of the molecule is CC(=O)C(N)c1cc(F)ccc1F. The van der Waals surface area contributed by atoms with Crippen LogP contribution in [0.3, 0.4) is 0 Å². The van der Waals surface area contributed by atoms with Crippen molar-refractivity contribution >= 4 is 5.78 Å². The van der Waals surface area contributed by atoms with Gasteiger partial charge >= 0.3 is 0 Å². The molecule has 0 aliphatic carbocycles. The van der Waals surface area contributed by atoms with Crippen molar-refractivity contribution in [2.24, 2.45) is 5.73 Å². The summed E-state index contributed by atoms with van der Waals surface area (Å²) in [5.74, 6) is -1.67. The lowest BCUT2D eigenvalue weighted by atomic mass is 10.0. The second kappa shape index (κ2) is 3.62. The van der Waals surface area contributed by atoms with Gasteiger partial charge in [-0.05, 0) is 25.1 Å². The summed E-state index contributed by atoms with van der Waals surface area (Å²) < 4.78 is 25.6. The normalized spacial score (nSPS) is 12.6. The first kappa shape index (κ1) is 9.80. The van der Waals surface area contributed by atoms with E-state index in [1.54, 1.807) is 0 Å². The highest BCUT2D eigenvalue weighted by molar-refractivity contribution is 5.82. The van der Waals surface area contributed by atoms with E-state index >= 15 is 0 Å². The molecule has 0 radical (unpaired) electrons. The maximum atomic E-state index is 13.0. The van der Waals surface area contributed by atoms with Crippen LogP contribution < -0.4 is 5.73 Å². The Labute approximate surface area is 74.4 Å². The van der Waals surface area contributed by atoms with Gasteiger partial charge in [0.25, 0.3) is 0 Å². The molecule has 1 unspecified atom stereocenters. The number of hydrogen-bond acceptors (Lipinski definition) is 2. The molecule has 0 heterocycles. The summed E-state index contributed by atoms with van der Waals surface area (Å²) in [6.07, 6.45) is 0. The Hall–Kier alpha value is -1.29. The smallest absolute Gasteiger partial charge is 0.151 e. The van der Waals surface area contributed by atoms with Gasteiger partial charge in [-0.1, -0.05) is 0 Å². The highest BCUT2D eigenvalue weighted by atomic mass is 19.1. The number of carbonyl (C=O) groups is 1. The van der Waals surface area contributed by atoms with Crippen molar-refractivity contribution in [2.75, 3.05) is 0 Å². The lowest BCUT2D eigenvalue weighted by Crippen LogP contribution is -2.20. The fourth-order valence-corrected chi connectivity index (χ4v) is 0.972. The van der Waals surface area contributed by atoms with Crippen molar-refractivity contribution < 1.29 is 13.6 Å². The average Bonchev–Trinajstić information content (AvgIpc) is 2.08. The number of benzene rings is 1. The minimum Gasteiger partial charge on any atom is -0.318 e. The first-order valence-electron chi connectivity index (χ1n) is 3.73. The standard InChI is InChI=1S/C9H9F2NO/c1-5(13)9(12)7-4-6(10)2-3-8(7)11/h2-4,9H,12H2,1H3. The molecule has 0 fully saturated rings. The molecular weight excluding hydrogens is 176 g/mol. The highest BCUT2D eigenvalue weighted by Crippen LogP contribution is 2.16. The molecule has 70 valence electrons. The molecule has 1 aromatic rings. The molecule has 1 aromatic carbocycles. The van der Waals surface area contributed by atoms with Crippen LogP contribution in [-0.2, 0) is 4.79 Å². The van der Waals surface area contributed by atoms with Gasteiger partial charge in [0.15, 0.2) is 5.78 Å². The largest absolute Gasteiger partial charge is 0.318 e. The van der Waals surface area contributed by atoms with Crippen LogP contribution in [0.25, 0.3) is 0 Å². The number of ketones is 1. The Bertz CT molecular complexity index is 338. The predicted molar refractivity (Wildman–Crippen MR) is 44.0 cm³/mol. The molecule has 0 aromatic heterocycles. The Morgan fingerprint density at radius 1 is 1.46 bits per heavy atom. The number of rotatable bonds is 2. The third kappa shape index (κ3) is 2.09. The fourth-order valence-electron chi connectivity index (χ4n) is 0.972. The van der Waals surface area contributed by atoms with E-state index in [0.717, 1.165) is 18.2 Å². The summed E-state index contributed by atoms with van der Waals surface area (Å²) in [4.78, 5) is 10.8. The second-order valence-electron chi connectivity index (χ2n) is 2.75. The van der Waals surface area contributed by atoms with Crippen LogP contribution in [0.15, 0.2) is 18.2 Å². The molecule has 0 bridgehead atoms. The summed E-state index contributed by atoms with van der Waals surface area (Å²) in [7, 11) is 0. The summed E-state index contributed by atoms with van der Waals surface area (Å²) in [5, 5.41) is 0. The molecule has 1 atom stereocenters. The predicted octanol–water partition coefficient (Wildman–Crippen LogP) is 1.55. The zero-order chi connectivity index (χ0) is 10.0. The van der Waals surface area contributed by atoms with E-state index in [-0.39, 0.29) is 5.56 Å². The molecule has 0 amide bonds. The fraction of sp³-hybridized carbons (Fsp3) is 0.222.